The minimum Gasteiger partial charge on any atom is -0.494 e. The molecule has 2 N–H and O–H groups in total. The Morgan fingerprint density at radius 3 is 2.94 bits per heavy atom. The SMILES string of the molecule is CCCOc1cccc(Cn2ncc(Cl)c2N)c1. The van der Waals surface area contributed by atoms with Crippen LogP contribution in [0.4, 0.5) is 5.82 Å². The van der Waals surface area contributed by atoms with E-state index in [1.807, 2.05) is 24.3 Å². The highest BCUT2D eigenvalue weighted by atomic mass is 35.5. The summed E-state index contributed by atoms with van der Waals surface area (Å²) in [6, 6.07) is 7.90. The number of aromatic nitrogens is 2. The van der Waals surface area contributed by atoms with Crippen molar-refractivity contribution in [1.29, 1.82) is 0 Å². The second kappa shape index (κ2) is 5.78. The Kier molecular flexibility index (Phi) is 4.10. The second-order valence-electron chi connectivity index (χ2n) is 4.03. The van der Waals surface area contributed by atoms with Gasteiger partial charge in [-0.2, -0.15) is 5.10 Å². The normalized spacial score (nSPS) is 10.6. The molecule has 0 spiro atoms. The van der Waals surface area contributed by atoms with Gasteiger partial charge in [-0.05, 0) is 24.1 Å². The molecule has 0 amide bonds. The maximum atomic E-state index is 5.86. The Balaban J connectivity index is 2.11. The van der Waals surface area contributed by atoms with E-state index >= 15 is 0 Å². The van der Waals surface area contributed by atoms with Gasteiger partial charge in [0.1, 0.15) is 16.6 Å². The molecule has 0 saturated carbocycles. The second-order valence-corrected chi connectivity index (χ2v) is 4.44. The van der Waals surface area contributed by atoms with Gasteiger partial charge in [0, 0.05) is 0 Å². The molecule has 2 aromatic rings. The lowest BCUT2D eigenvalue weighted by Gasteiger charge is -2.08. The fraction of sp³-hybridized carbons (Fsp3) is 0.308. The average molecular weight is 266 g/mol. The van der Waals surface area contributed by atoms with Crippen molar-refractivity contribution in [3.05, 3.63) is 41.0 Å². The fourth-order valence-electron chi connectivity index (χ4n) is 1.62. The highest BCUT2D eigenvalue weighted by Crippen LogP contribution is 2.20. The molecule has 0 aliphatic rings. The molecule has 0 radical (unpaired) electrons. The fourth-order valence-corrected chi connectivity index (χ4v) is 1.77. The van der Waals surface area contributed by atoms with Crippen LogP contribution in [0.3, 0.4) is 0 Å². The molecule has 1 aromatic carbocycles. The highest BCUT2D eigenvalue weighted by molar-refractivity contribution is 6.32. The summed E-state index contributed by atoms with van der Waals surface area (Å²) in [5.74, 6) is 1.35. The topological polar surface area (TPSA) is 53.1 Å². The Morgan fingerprint density at radius 1 is 1.44 bits per heavy atom. The molecule has 1 aromatic heterocycles. The van der Waals surface area contributed by atoms with Gasteiger partial charge in [0.05, 0.1) is 19.3 Å². The van der Waals surface area contributed by atoms with Crippen LogP contribution in [0.25, 0.3) is 0 Å². The van der Waals surface area contributed by atoms with E-state index in [4.69, 9.17) is 22.1 Å². The van der Waals surface area contributed by atoms with Crippen LogP contribution in [0.2, 0.25) is 5.02 Å². The smallest absolute Gasteiger partial charge is 0.140 e. The molecule has 96 valence electrons. The van der Waals surface area contributed by atoms with Gasteiger partial charge in [0.25, 0.3) is 0 Å². The van der Waals surface area contributed by atoms with Crippen LogP contribution in [0.15, 0.2) is 30.5 Å². The number of anilines is 1. The van der Waals surface area contributed by atoms with Crippen molar-refractivity contribution in [1.82, 2.24) is 9.78 Å². The molecular weight excluding hydrogens is 250 g/mol. The molecule has 2 rings (SSSR count). The summed E-state index contributed by atoms with van der Waals surface area (Å²) in [6.45, 7) is 3.39. The van der Waals surface area contributed by atoms with Crippen molar-refractivity contribution in [2.75, 3.05) is 12.3 Å². The zero-order valence-corrected chi connectivity index (χ0v) is 11.0. The number of hydrogen-bond donors (Lipinski definition) is 1. The number of nitrogens with zero attached hydrogens (tertiary/aromatic N) is 2. The van der Waals surface area contributed by atoms with Crippen molar-refractivity contribution in [3.63, 3.8) is 0 Å². The molecule has 1 heterocycles. The third-order valence-electron chi connectivity index (χ3n) is 2.54. The summed E-state index contributed by atoms with van der Waals surface area (Å²) in [6.07, 6.45) is 2.54. The zero-order valence-electron chi connectivity index (χ0n) is 10.3. The quantitative estimate of drug-likeness (QED) is 0.904. The maximum absolute atomic E-state index is 5.86. The van der Waals surface area contributed by atoms with E-state index in [1.165, 1.54) is 0 Å². The van der Waals surface area contributed by atoms with Crippen LogP contribution in [0, 0.1) is 0 Å². The first-order valence-corrected chi connectivity index (χ1v) is 6.27. The van der Waals surface area contributed by atoms with E-state index in [2.05, 4.69) is 12.0 Å². The van der Waals surface area contributed by atoms with Gasteiger partial charge in [0.15, 0.2) is 0 Å². The lowest BCUT2D eigenvalue weighted by Crippen LogP contribution is -2.06. The number of ether oxygens (including phenoxy) is 1. The largest absolute Gasteiger partial charge is 0.494 e. The van der Waals surface area contributed by atoms with E-state index < -0.39 is 0 Å². The van der Waals surface area contributed by atoms with Crippen molar-refractivity contribution in [3.8, 4) is 5.75 Å². The molecule has 4 nitrogen and oxygen atoms in total. The number of benzene rings is 1. The van der Waals surface area contributed by atoms with Gasteiger partial charge in [0.2, 0.25) is 0 Å². The Bertz CT molecular complexity index is 525. The molecule has 18 heavy (non-hydrogen) atoms. The van der Waals surface area contributed by atoms with Gasteiger partial charge in [-0.25, -0.2) is 4.68 Å². The van der Waals surface area contributed by atoms with E-state index in [1.54, 1.807) is 10.9 Å². The Morgan fingerprint density at radius 2 is 2.28 bits per heavy atom. The van der Waals surface area contributed by atoms with Gasteiger partial charge in [-0.3, -0.25) is 0 Å². The lowest BCUT2D eigenvalue weighted by molar-refractivity contribution is 0.317. The number of nitrogen functional groups attached to an aromatic ring is 1. The molecule has 0 saturated heterocycles. The van der Waals surface area contributed by atoms with Gasteiger partial charge in [-0.15, -0.1) is 0 Å². The minimum atomic E-state index is 0.480. The van der Waals surface area contributed by atoms with Crippen molar-refractivity contribution in [2.45, 2.75) is 19.9 Å². The van der Waals surface area contributed by atoms with E-state index in [0.29, 0.717) is 17.4 Å². The van der Waals surface area contributed by atoms with Crippen LogP contribution in [0.1, 0.15) is 18.9 Å². The molecule has 0 atom stereocenters. The standard InChI is InChI=1S/C13H16ClN3O/c1-2-6-18-11-5-3-4-10(7-11)9-17-13(15)12(14)8-16-17/h3-5,7-8H,2,6,9,15H2,1H3. The van der Waals surface area contributed by atoms with Crippen molar-refractivity contribution >= 4 is 17.4 Å². The molecule has 0 unspecified atom stereocenters. The van der Waals surface area contributed by atoms with Crippen LogP contribution >= 0.6 is 11.6 Å². The van der Waals surface area contributed by atoms with Crippen LogP contribution < -0.4 is 10.5 Å². The van der Waals surface area contributed by atoms with Crippen LogP contribution in [-0.2, 0) is 6.54 Å². The number of nitrogens with two attached hydrogens (primary N) is 1. The van der Waals surface area contributed by atoms with E-state index in [-0.39, 0.29) is 0 Å². The molecular formula is C13H16ClN3O. The Hall–Kier alpha value is -1.68. The van der Waals surface area contributed by atoms with Gasteiger partial charge < -0.3 is 10.5 Å². The van der Waals surface area contributed by atoms with E-state index in [9.17, 15) is 0 Å². The first-order chi connectivity index (χ1) is 8.70. The molecule has 5 heteroatoms. The van der Waals surface area contributed by atoms with Crippen molar-refractivity contribution < 1.29 is 4.74 Å². The monoisotopic (exact) mass is 265 g/mol. The number of halogens is 1. The van der Waals surface area contributed by atoms with Crippen LogP contribution in [-0.4, -0.2) is 16.4 Å². The molecule has 0 aliphatic heterocycles. The summed E-state index contributed by atoms with van der Waals surface area (Å²) >= 11 is 5.86. The zero-order chi connectivity index (χ0) is 13.0. The Labute approximate surface area is 111 Å². The lowest BCUT2D eigenvalue weighted by atomic mass is 10.2. The third kappa shape index (κ3) is 2.96. The molecule has 0 fully saturated rings. The summed E-state index contributed by atoms with van der Waals surface area (Å²) in [5.41, 5.74) is 6.88. The first-order valence-electron chi connectivity index (χ1n) is 5.89. The molecule has 0 bridgehead atoms. The summed E-state index contributed by atoms with van der Waals surface area (Å²) in [4.78, 5) is 0. The predicted molar refractivity (Wildman–Crippen MR) is 73.0 cm³/mol. The summed E-state index contributed by atoms with van der Waals surface area (Å²) in [5, 5.41) is 4.60. The summed E-state index contributed by atoms with van der Waals surface area (Å²) < 4.78 is 7.25. The maximum Gasteiger partial charge on any atom is 0.140 e. The van der Waals surface area contributed by atoms with Gasteiger partial charge >= 0.3 is 0 Å². The van der Waals surface area contributed by atoms with Gasteiger partial charge in [-0.1, -0.05) is 30.7 Å². The van der Waals surface area contributed by atoms with E-state index in [0.717, 1.165) is 24.3 Å². The summed E-state index contributed by atoms with van der Waals surface area (Å²) in [7, 11) is 0. The van der Waals surface area contributed by atoms with Crippen LogP contribution in [0.5, 0.6) is 5.75 Å². The minimum absolute atomic E-state index is 0.480. The predicted octanol–water partition coefficient (Wildman–Crippen LogP) is 2.96. The number of hydrogen-bond acceptors (Lipinski definition) is 3. The first kappa shape index (κ1) is 12.8. The highest BCUT2D eigenvalue weighted by Gasteiger charge is 2.05. The van der Waals surface area contributed by atoms with Crippen molar-refractivity contribution in [2.24, 2.45) is 0 Å². The third-order valence-corrected chi connectivity index (χ3v) is 2.83. The number of rotatable bonds is 5. The molecule has 0 aliphatic carbocycles. The average Bonchev–Trinajstić information content (AvgIpc) is 2.69.